The molecule has 6 heteroatoms. The molecule has 0 atom stereocenters. The molecule has 0 bridgehead atoms. The van der Waals surface area contributed by atoms with Gasteiger partial charge in [0.15, 0.2) is 0 Å². The van der Waals surface area contributed by atoms with Crippen LogP contribution >= 0.6 is 12.4 Å². The average molecular weight is 177 g/mol. The van der Waals surface area contributed by atoms with Gasteiger partial charge in [-0.15, -0.1) is 12.4 Å². The van der Waals surface area contributed by atoms with Gasteiger partial charge in [-0.3, -0.25) is 0 Å². The Bertz CT molecular complexity index is 120. The molecule has 1 aliphatic heterocycles. The van der Waals surface area contributed by atoms with E-state index in [4.69, 9.17) is 5.73 Å². The SMILES string of the molecule is Cl.NC1(C(F)(F)F)CNC1. The van der Waals surface area contributed by atoms with Gasteiger partial charge in [-0.25, -0.2) is 0 Å². The zero-order valence-electron chi connectivity index (χ0n) is 5.03. The van der Waals surface area contributed by atoms with E-state index in [1.54, 1.807) is 0 Å². The second-order valence-electron chi connectivity index (χ2n) is 2.26. The molecular formula is C4H8ClF3N2. The summed E-state index contributed by atoms with van der Waals surface area (Å²) in [6, 6.07) is 0. The zero-order valence-corrected chi connectivity index (χ0v) is 5.85. The summed E-state index contributed by atoms with van der Waals surface area (Å²) in [6.07, 6.45) is -4.25. The lowest BCUT2D eigenvalue weighted by molar-refractivity contribution is -0.197. The van der Waals surface area contributed by atoms with Gasteiger partial charge in [-0.2, -0.15) is 13.2 Å². The highest BCUT2D eigenvalue weighted by Crippen LogP contribution is 2.30. The van der Waals surface area contributed by atoms with E-state index < -0.39 is 11.7 Å². The Morgan fingerprint density at radius 3 is 1.70 bits per heavy atom. The van der Waals surface area contributed by atoms with Crippen LogP contribution in [0.2, 0.25) is 0 Å². The molecule has 1 rings (SSSR count). The van der Waals surface area contributed by atoms with Gasteiger partial charge in [0.05, 0.1) is 0 Å². The molecule has 62 valence electrons. The number of hydrogen-bond donors (Lipinski definition) is 2. The Hall–Kier alpha value is -0.0000000000000000486. The molecule has 2 nitrogen and oxygen atoms in total. The minimum atomic E-state index is -4.25. The molecular weight excluding hydrogens is 169 g/mol. The van der Waals surface area contributed by atoms with Crippen molar-refractivity contribution in [1.29, 1.82) is 0 Å². The molecule has 0 radical (unpaired) electrons. The highest BCUT2D eigenvalue weighted by molar-refractivity contribution is 5.85. The number of halogens is 4. The van der Waals surface area contributed by atoms with E-state index in [-0.39, 0.29) is 25.5 Å². The quantitative estimate of drug-likeness (QED) is 0.556. The van der Waals surface area contributed by atoms with Crippen molar-refractivity contribution in [2.24, 2.45) is 5.73 Å². The third kappa shape index (κ3) is 1.36. The summed E-state index contributed by atoms with van der Waals surface area (Å²) in [7, 11) is 0. The molecule has 0 saturated carbocycles. The average Bonchev–Trinajstić information content (AvgIpc) is 1.57. The number of hydrogen-bond acceptors (Lipinski definition) is 2. The molecule has 0 aromatic heterocycles. The molecule has 0 aromatic rings. The smallest absolute Gasteiger partial charge is 0.315 e. The predicted octanol–water partition coefficient (Wildman–Crippen LogP) is 0.271. The Kier molecular flexibility index (Phi) is 2.56. The topological polar surface area (TPSA) is 38.0 Å². The van der Waals surface area contributed by atoms with E-state index in [1.165, 1.54) is 0 Å². The van der Waals surface area contributed by atoms with E-state index in [0.29, 0.717) is 0 Å². The van der Waals surface area contributed by atoms with Crippen LogP contribution in [0.1, 0.15) is 0 Å². The van der Waals surface area contributed by atoms with Crippen molar-refractivity contribution in [1.82, 2.24) is 5.32 Å². The number of nitrogens with one attached hydrogen (secondary N) is 1. The van der Waals surface area contributed by atoms with Crippen LogP contribution in [0, 0.1) is 0 Å². The van der Waals surface area contributed by atoms with Crippen LogP contribution in [0.15, 0.2) is 0 Å². The van der Waals surface area contributed by atoms with Crippen molar-refractivity contribution >= 4 is 12.4 Å². The van der Waals surface area contributed by atoms with Gasteiger partial charge >= 0.3 is 6.18 Å². The standard InChI is InChI=1S/C4H7F3N2.ClH/c5-4(6,7)3(8)1-9-2-3;/h9H,1-2,8H2;1H. The fraction of sp³-hybridized carbons (Fsp3) is 1.00. The molecule has 1 saturated heterocycles. The summed E-state index contributed by atoms with van der Waals surface area (Å²) in [5, 5.41) is 2.46. The van der Waals surface area contributed by atoms with Gasteiger partial charge in [0.2, 0.25) is 0 Å². The van der Waals surface area contributed by atoms with Crippen molar-refractivity contribution in [2.45, 2.75) is 11.7 Å². The van der Waals surface area contributed by atoms with Gasteiger partial charge in [0, 0.05) is 13.1 Å². The Morgan fingerprint density at radius 2 is 1.70 bits per heavy atom. The summed E-state index contributed by atoms with van der Waals surface area (Å²) in [5.41, 5.74) is 2.94. The van der Waals surface area contributed by atoms with Gasteiger partial charge in [0.1, 0.15) is 5.54 Å². The normalized spacial score (nSPS) is 22.8. The summed E-state index contributed by atoms with van der Waals surface area (Å²) in [4.78, 5) is 0. The highest BCUT2D eigenvalue weighted by Gasteiger charge is 2.55. The lowest BCUT2D eigenvalue weighted by Crippen LogP contribution is -2.73. The second kappa shape index (κ2) is 2.56. The van der Waals surface area contributed by atoms with Crippen molar-refractivity contribution in [3.8, 4) is 0 Å². The summed E-state index contributed by atoms with van der Waals surface area (Å²) >= 11 is 0. The molecule has 1 aliphatic rings. The number of alkyl halides is 3. The van der Waals surface area contributed by atoms with E-state index in [1.807, 2.05) is 0 Å². The van der Waals surface area contributed by atoms with Gasteiger partial charge in [-0.1, -0.05) is 0 Å². The lowest BCUT2D eigenvalue weighted by atomic mass is 9.93. The fourth-order valence-electron chi connectivity index (χ4n) is 0.595. The van der Waals surface area contributed by atoms with Crippen molar-refractivity contribution in [3.63, 3.8) is 0 Å². The Morgan fingerprint density at radius 1 is 1.30 bits per heavy atom. The van der Waals surface area contributed by atoms with E-state index in [9.17, 15) is 13.2 Å². The monoisotopic (exact) mass is 176 g/mol. The Balaban J connectivity index is 0.000000810. The first-order valence-electron chi connectivity index (χ1n) is 2.52. The highest BCUT2D eigenvalue weighted by atomic mass is 35.5. The number of rotatable bonds is 0. The van der Waals surface area contributed by atoms with Crippen LogP contribution in [0.25, 0.3) is 0 Å². The van der Waals surface area contributed by atoms with Crippen LogP contribution in [-0.2, 0) is 0 Å². The maximum atomic E-state index is 11.7. The molecule has 1 fully saturated rings. The van der Waals surface area contributed by atoms with Gasteiger partial charge < -0.3 is 11.1 Å². The van der Waals surface area contributed by atoms with Crippen LogP contribution in [-0.4, -0.2) is 24.8 Å². The van der Waals surface area contributed by atoms with Gasteiger partial charge in [-0.05, 0) is 0 Å². The van der Waals surface area contributed by atoms with E-state index in [0.717, 1.165) is 0 Å². The third-order valence-corrected chi connectivity index (χ3v) is 1.45. The maximum absolute atomic E-state index is 11.7. The first kappa shape index (κ1) is 10.0. The van der Waals surface area contributed by atoms with Crippen LogP contribution in [0.5, 0.6) is 0 Å². The van der Waals surface area contributed by atoms with Crippen LogP contribution in [0.4, 0.5) is 13.2 Å². The molecule has 3 N–H and O–H groups in total. The molecule has 10 heavy (non-hydrogen) atoms. The van der Waals surface area contributed by atoms with Gasteiger partial charge in [0.25, 0.3) is 0 Å². The largest absolute Gasteiger partial charge is 0.408 e. The minimum Gasteiger partial charge on any atom is -0.315 e. The maximum Gasteiger partial charge on any atom is 0.408 e. The van der Waals surface area contributed by atoms with Crippen molar-refractivity contribution in [3.05, 3.63) is 0 Å². The molecule has 0 aromatic carbocycles. The first-order valence-corrected chi connectivity index (χ1v) is 2.52. The van der Waals surface area contributed by atoms with Crippen molar-refractivity contribution < 1.29 is 13.2 Å². The molecule has 0 spiro atoms. The zero-order chi connectivity index (χ0) is 7.12. The molecule has 0 aliphatic carbocycles. The first-order chi connectivity index (χ1) is 3.96. The second-order valence-corrected chi connectivity index (χ2v) is 2.26. The summed E-state index contributed by atoms with van der Waals surface area (Å²) < 4.78 is 35.2. The Labute approximate surface area is 62.4 Å². The molecule has 1 heterocycles. The molecule has 0 unspecified atom stereocenters. The van der Waals surface area contributed by atoms with Crippen LogP contribution < -0.4 is 11.1 Å². The summed E-state index contributed by atoms with van der Waals surface area (Å²) in [6.45, 7) is -0.312. The lowest BCUT2D eigenvalue weighted by Gasteiger charge is -2.40. The van der Waals surface area contributed by atoms with Crippen LogP contribution in [0.3, 0.4) is 0 Å². The molecule has 0 amide bonds. The van der Waals surface area contributed by atoms with Crippen molar-refractivity contribution in [2.75, 3.05) is 13.1 Å². The van der Waals surface area contributed by atoms with E-state index in [2.05, 4.69) is 5.32 Å². The third-order valence-electron chi connectivity index (χ3n) is 1.45. The predicted molar refractivity (Wildman–Crippen MR) is 33.1 cm³/mol. The summed E-state index contributed by atoms with van der Waals surface area (Å²) in [5.74, 6) is 0. The fourth-order valence-corrected chi connectivity index (χ4v) is 0.595. The van der Waals surface area contributed by atoms with E-state index >= 15 is 0 Å². The number of nitrogens with two attached hydrogens (primary N) is 1. The minimum absolute atomic E-state index is 0.